The molecular formula is C23H35N5O2. The van der Waals surface area contributed by atoms with Gasteiger partial charge in [-0.15, -0.1) is 0 Å². The molecule has 1 aliphatic heterocycles. The molecule has 1 saturated carbocycles. The minimum Gasteiger partial charge on any atom is -0.354 e. The fourth-order valence-electron chi connectivity index (χ4n) is 4.36. The Hall–Kier alpha value is -2.41. The summed E-state index contributed by atoms with van der Waals surface area (Å²) in [6.45, 7) is 5.91. The van der Waals surface area contributed by atoms with E-state index < -0.39 is 0 Å². The molecule has 0 bridgehead atoms. The predicted molar refractivity (Wildman–Crippen MR) is 118 cm³/mol. The van der Waals surface area contributed by atoms with Crippen molar-refractivity contribution in [1.29, 1.82) is 0 Å². The van der Waals surface area contributed by atoms with Crippen LogP contribution in [0.5, 0.6) is 0 Å². The number of carbonyl (C=O) groups is 2. The number of nitrogens with zero attached hydrogens (tertiary/aromatic N) is 3. The lowest BCUT2D eigenvalue weighted by molar-refractivity contribution is 0.0785. The van der Waals surface area contributed by atoms with Gasteiger partial charge in [0, 0.05) is 32.4 Å². The van der Waals surface area contributed by atoms with Crippen molar-refractivity contribution in [3.8, 4) is 0 Å². The van der Waals surface area contributed by atoms with Crippen LogP contribution in [0.25, 0.3) is 5.65 Å². The van der Waals surface area contributed by atoms with E-state index in [0.29, 0.717) is 30.1 Å². The summed E-state index contributed by atoms with van der Waals surface area (Å²) in [5, 5.41) is 2.57. The molecule has 2 aromatic heterocycles. The number of hydrogen-bond donors (Lipinski definition) is 2. The minimum atomic E-state index is -0.222. The van der Waals surface area contributed by atoms with Crippen LogP contribution in [-0.2, 0) is 0 Å². The van der Waals surface area contributed by atoms with Crippen LogP contribution < -0.4 is 11.1 Å². The number of nitrogens with two attached hydrogens (primary N) is 1. The summed E-state index contributed by atoms with van der Waals surface area (Å²) < 4.78 is 1.63. The quantitative estimate of drug-likeness (QED) is 0.809. The first-order chi connectivity index (χ1) is 14.4. The number of nitrogens with one attached hydrogen (secondary N) is 1. The van der Waals surface area contributed by atoms with E-state index in [1.807, 2.05) is 0 Å². The largest absolute Gasteiger partial charge is 0.354 e. The molecule has 2 fully saturated rings. The highest BCUT2D eigenvalue weighted by Gasteiger charge is 2.26. The lowest BCUT2D eigenvalue weighted by atomic mass is 9.82. The van der Waals surface area contributed by atoms with Crippen molar-refractivity contribution in [1.82, 2.24) is 19.6 Å². The van der Waals surface area contributed by atoms with Gasteiger partial charge in [0.2, 0.25) is 0 Å². The zero-order chi connectivity index (χ0) is 21.7. The Morgan fingerprint density at radius 2 is 1.90 bits per heavy atom. The van der Waals surface area contributed by atoms with Gasteiger partial charge in [-0.25, -0.2) is 4.98 Å². The summed E-state index contributed by atoms with van der Waals surface area (Å²) in [4.78, 5) is 30.3. The van der Waals surface area contributed by atoms with E-state index in [9.17, 15) is 9.59 Å². The molecule has 0 aromatic carbocycles. The fraction of sp³-hybridized carbons (Fsp3) is 0.609. The number of fused-ring (bicyclic) bond motifs is 1. The van der Waals surface area contributed by atoms with E-state index in [1.165, 1.54) is 32.1 Å². The van der Waals surface area contributed by atoms with Gasteiger partial charge < -0.3 is 16.0 Å². The Morgan fingerprint density at radius 1 is 1.17 bits per heavy atom. The van der Waals surface area contributed by atoms with Crippen molar-refractivity contribution in [2.45, 2.75) is 58.4 Å². The summed E-state index contributed by atoms with van der Waals surface area (Å²) in [5.74, 6) is 1.62. The third kappa shape index (κ3) is 5.19. The maximum absolute atomic E-state index is 12.4. The molecule has 1 saturated heterocycles. The van der Waals surface area contributed by atoms with E-state index >= 15 is 0 Å². The average Bonchev–Trinajstić information content (AvgIpc) is 3.39. The zero-order valence-corrected chi connectivity index (χ0v) is 18.4. The molecule has 3 heterocycles. The summed E-state index contributed by atoms with van der Waals surface area (Å²) in [6, 6.07) is 5.23. The molecule has 3 N–H and O–H groups in total. The number of rotatable bonds is 3. The molecule has 2 amide bonds. The van der Waals surface area contributed by atoms with Crippen LogP contribution in [0.15, 0.2) is 24.4 Å². The molecular weight excluding hydrogens is 378 g/mol. The summed E-state index contributed by atoms with van der Waals surface area (Å²) in [6.07, 6.45) is 9.87. The lowest BCUT2D eigenvalue weighted by Gasteiger charge is -2.24. The molecule has 1 unspecified atom stereocenters. The van der Waals surface area contributed by atoms with Crippen molar-refractivity contribution in [2.75, 3.05) is 20.1 Å². The maximum atomic E-state index is 12.4. The molecule has 164 valence electrons. The van der Waals surface area contributed by atoms with Gasteiger partial charge >= 0.3 is 0 Å². The van der Waals surface area contributed by atoms with E-state index in [1.54, 1.807) is 40.7 Å². The van der Waals surface area contributed by atoms with Crippen LogP contribution in [-0.4, -0.2) is 52.3 Å². The molecule has 1 aliphatic carbocycles. The van der Waals surface area contributed by atoms with Crippen LogP contribution >= 0.6 is 0 Å². The van der Waals surface area contributed by atoms with Gasteiger partial charge in [-0.3, -0.25) is 14.0 Å². The normalized spacial score (nSPS) is 19.6. The number of aromatic nitrogens is 2. The number of carbonyl (C=O) groups excluding carboxylic acids is 2. The Labute approximate surface area is 179 Å². The summed E-state index contributed by atoms with van der Waals surface area (Å²) in [5.41, 5.74) is 7.18. The van der Waals surface area contributed by atoms with Gasteiger partial charge in [-0.2, -0.15) is 0 Å². The molecule has 4 rings (SSSR count). The van der Waals surface area contributed by atoms with Crippen molar-refractivity contribution in [3.05, 3.63) is 35.8 Å². The highest BCUT2D eigenvalue weighted by molar-refractivity contribution is 5.95. The number of hydrogen-bond acceptors (Lipinski definition) is 4. The average molecular weight is 414 g/mol. The SMILES string of the molecule is CC(C)C1CCCCC1.CNC(=O)c1cccc2nc(C(=O)N3CCC(N)C3)cn12. The Morgan fingerprint density at radius 3 is 2.47 bits per heavy atom. The van der Waals surface area contributed by atoms with Crippen molar-refractivity contribution >= 4 is 17.5 Å². The standard InChI is InChI=1S/C14H17N5O2.C9H18/c1-16-13(20)11-3-2-4-12-17-10(8-19(11)12)14(21)18-6-5-9(15)7-18;1-8(2)9-6-4-3-5-7-9/h2-4,8-9H,5-7,15H2,1H3,(H,16,20);8-9H,3-7H2,1-2H3. The van der Waals surface area contributed by atoms with Crippen LogP contribution in [0.3, 0.4) is 0 Å². The molecule has 30 heavy (non-hydrogen) atoms. The van der Waals surface area contributed by atoms with Gasteiger partial charge in [0.25, 0.3) is 11.8 Å². The van der Waals surface area contributed by atoms with Crippen molar-refractivity contribution in [3.63, 3.8) is 0 Å². The topological polar surface area (TPSA) is 92.7 Å². The zero-order valence-electron chi connectivity index (χ0n) is 18.4. The van der Waals surface area contributed by atoms with Crippen molar-refractivity contribution in [2.24, 2.45) is 17.6 Å². The smallest absolute Gasteiger partial charge is 0.274 e. The van der Waals surface area contributed by atoms with E-state index in [4.69, 9.17) is 5.73 Å². The second-order valence-electron chi connectivity index (χ2n) is 8.79. The highest BCUT2D eigenvalue weighted by atomic mass is 16.2. The molecule has 0 radical (unpaired) electrons. The number of likely N-dealkylation sites (tertiary alicyclic amines) is 1. The van der Waals surface area contributed by atoms with Gasteiger partial charge in [0.1, 0.15) is 17.0 Å². The Balaban J connectivity index is 0.000000239. The first kappa shape index (κ1) is 22.3. The molecule has 0 spiro atoms. The van der Waals surface area contributed by atoms with Crippen LogP contribution in [0.4, 0.5) is 0 Å². The van der Waals surface area contributed by atoms with E-state index in [-0.39, 0.29) is 17.9 Å². The molecule has 1 atom stereocenters. The minimum absolute atomic E-state index is 0.0346. The van der Waals surface area contributed by atoms with Gasteiger partial charge in [-0.05, 0) is 30.4 Å². The second kappa shape index (κ2) is 10.1. The second-order valence-corrected chi connectivity index (χ2v) is 8.79. The molecule has 2 aromatic rings. The number of imidazole rings is 1. The molecule has 7 nitrogen and oxygen atoms in total. The predicted octanol–water partition coefficient (Wildman–Crippen LogP) is 3.09. The summed E-state index contributed by atoms with van der Waals surface area (Å²) in [7, 11) is 1.57. The fourth-order valence-corrected chi connectivity index (χ4v) is 4.36. The van der Waals surface area contributed by atoms with Gasteiger partial charge in [0.05, 0.1) is 0 Å². The van der Waals surface area contributed by atoms with Crippen LogP contribution in [0, 0.1) is 11.8 Å². The molecule has 7 heteroatoms. The van der Waals surface area contributed by atoms with E-state index in [2.05, 4.69) is 24.1 Å². The van der Waals surface area contributed by atoms with Gasteiger partial charge in [0.15, 0.2) is 0 Å². The lowest BCUT2D eigenvalue weighted by Crippen LogP contribution is -2.32. The molecule has 2 aliphatic rings. The third-order valence-electron chi connectivity index (χ3n) is 6.28. The van der Waals surface area contributed by atoms with E-state index in [0.717, 1.165) is 18.3 Å². The number of pyridine rings is 1. The summed E-state index contributed by atoms with van der Waals surface area (Å²) >= 11 is 0. The number of amides is 2. The first-order valence-electron chi connectivity index (χ1n) is 11.2. The third-order valence-corrected chi connectivity index (χ3v) is 6.28. The monoisotopic (exact) mass is 413 g/mol. The van der Waals surface area contributed by atoms with Crippen LogP contribution in [0.1, 0.15) is 73.3 Å². The van der Waals surface area contributed by atoms with Crippen LogP contribution in [0.2, 0.25) is 0 Å². The Bertz CT molecular complexity index is 870. The Kier molecular flexibility index (Phi) is 7.48. The highest BCUT2D eigenvalue weighted by Crippen LogP contribution is 2.29. The van der Waals surface area contributed by atoms with Crippen molar-refractivity contribution < 1.29 is 9.59 Å². The van der Waals surface area contributed by atoms with Gasteiger partial charge in [-0.1, -0.05) is 52.0 Å². The first-order valence-corrected chi connectivity index (χ1v) is 11.2. The maximum Gasteiger partial charge on any atom is 0.274 e.